The zero-order valence-corrected chi connectivity index (χ0v) is 11.5. The van der Waals surface area contributed by atoms with Gasteiger partial charge in [-0.1, -0.05) is 20.3 Å². The van der Waals surface area contributed by atoms with Crippen molar-refractivity contribution in [1.29, 1.82) is 0 Å². The Hall–Kier alpha value is -0.640. The Morgan fingerprint density at radius 2 is 2.19 bits per heavy atom. The SMILES string of the molecule is CCc1nc(Br)cc(NCC2(C)CCC2)n1. The number of nitrogens with one attached hydrogen (secondary N) is 1. The van der Waals surface area contributed by atoms with Gasteiger partial charge in [0.1, 0.15) is 16.2 Å². The first kappa shape index (κ1) is 11.8. The Kier molecular flexibility index (Phi) is 3.47. The summed E-state index contributed by atoms with van der Waals surface area (Å²) in [6, 6.07) is 1.95. The van der Waals surface area contributed by atoms with E-state index in [9.17, 15) is 0 Å². The minimum absolute atomic E-state index is 0.476. The summed E-state index contributed by atoms with van der Waals surface area (Å²) in [7, 11) is 0. The average molecular weight is 284 g/mol. The first-order valence-corrected chi connectivity index (χ1v) is 6.68. The van der Waals surface area contributed by atoms with Crippen molar-refractivity contribution in [1.82, 2.24) is 9.97 Å². The van der Waals surface area contributed by atoms with E-state index < -0.39 is 0 Å². The molecule has 2 rings (SSSR count). The summed E-state index contributed by atoms with van der Waals surface area (Å²) in [6.07, 6.45) is 4.89. The van der Waals surface area contributed by atoms with Crippen LogP contribution in [-0.4, -0.2) is 16.5 Å². The molecule has 1 aliphatic carbocycles. The molecular weight excluding hydrogens is 266 g/mol. The van der Waals surface area contributed by atoms with Crippen LogP contribution in [0.2, 0.25) is 0 Å². The van der Waals surface area contributed by atoms with E-state index in [0.29, 0.717) is 5.41 Å². The highest BCUT2D eigenvalue weighted by Crippen LogP contribution is 2.40. The molecule has 0 unspecified atom stereocenters. The fraction of sp³-hybridized carbons (Fsp3) is 0.667. The molecule has 0 amide bonds. The van der Waals surface area contributed by atoms with Crippen LogP contribution in [0, 0.1) is 5.41 Å². The molecule has 0 bridgehead atoms. The minimum atomic E-state index is 0.476. The van der Waals surface area contributed by atoms with E-state index in [1.54, 1.807) is 0 Å². The normalized spacial score (nSPS) is 17.9. The van der Waals surface area contributed by atoms with Crippen molar-refractivity contribution in [3.05, 3.63) is 16.5 Å². The Bertz CT molecular complexity index is 375. The third-order valence-electron chi connectivity index (χ3n) is 3.31. The number of aryl methyl sites for hydroxylation is 1. The Morgan fingerprint density at radius 3 is 2.75 bits per heavy atom. The lowest BCUT2D eigenvalue weighted by Gasteiger charge is -2.38. The molecule has 0 aliphatic heterocycles. The van der Waals surface area contributed by atoms with Crippen LogP contribution < -0.4 is 5.32 Å². The van der Waals surface area contributed by atoms with E-state index in [4.69, 9.17) is 0 Å². The van der Waals surface area contributed by atoms with Crippen molar-refractivity contribution in [2.75, 3.05) is 11.9 Å². The number of aromatic nitrogens is 2. The molecule has 3 nitrogen and oxygen atoms in total. The molecule has 1 aromatic rings. The molecule has 0 radical (unpaired) electrons. The van der Waals surface area contributed by atoms with Gasteiger partial charge in [0.25, 0.3) is 0 Å². The molecule has 16 heavy (non-hydrogen) atoms. The average Bonchev–Trinajstić information content (AvgIpc) is 2.23. The van der Waals surface area contributed by atoms with E-state index in [2.05, 4.69) is 45.1 Å². The van der Waals surface area contributed by atoms with Crippen LogP contribution in [0.4, 0.5) is 5.82 Å². The lowest BCUT2D eigenvalue weighted by molar-refractivity contribution is 0.180. The fourth-order valence-electron chi connectivity index (χ4n) is 1.97. The van der Waals surface area contributed by atoms with E-state index >= 15 is 0 Å². The molecule has 0 atom stereocenters. The Balaban J connectivity index is 2.00. The number of nitrogens with zero attached hydrogens (tertiary/aromatic N) is 2. The third-order valence-corrected chi connectivity index (χ3v) is 3.72. The lowest BCUT2D eigenvalue weighted by Crippen LogP contribution is -2.33. The van der Waals surface area contributed by atoms with Gasteiger partial charge in [-0.25, -0.2) is 9.97 Å². The highest BCUT2D eigenvalue weighted by molar-refractivity contribution is 9.10. The summed E-state index contributed by atoms with van der Waals surface area (Å²) < 4.78 is 0.862. The standard InChI is InChI=1S/C12H18BrN3/c1-3-10-15-9(13)7-11(16-10)14-8-12(2)5-4-6-12/h7H,3-6,8H2,1-2H3,(H,14,15,16). The van der Waals surface area contributed by atoms with Crippen molar-refractivity contribution in [2.45, 2.75) is 39.5 Å². The van der Waals surface area contributed by atoms with Crippen molar-refractivity contribution < 1.29 is 0 Å². The highest BCUT2D eigenvalue weighted by Gasteiger charge is 2.31. The predicted octanol–water partition coefficient (Wildman–Crippen LogP) is 3.40. The molecule has 4 heteroatoms. The van der Waals surface area contributed by atoms with Gasteiger partial charge in [0.15, 0.2) is 0 Å². The summed E-state index contributed by atoms with van der Waals surface area (Å²) in [6.45, 7) is 5.42. The van der Waals surface area contributed by atoms with Crippen LogP contribution in [0.5, 0.6) is 0 Å². The molecule has 0 aromatic carbocycles. The predicted molar refractivity (Wildman–Crippen MR) is 69.6 cm³/mol. The number of hydrogen-bond acceptors (Lipinski definition) is 3. The molecule has 1 fully saturated rings. The van der Waals surface area contributed by atoms with Crippen molar-refractivity contribution in [3.8, 4) is 0 Å². The van der Waals surface area contributed by atoms with Crippen LogP contribution in [0.3, 0.4) is 0 Å². The van der Waals surface area contributed by atoms with Crippen LogP contribution in [0.1, 0.15) is 38.9 Å². The molecule has 88 valence electrons. The summed E-state index contributed by atoms with van der Waals surface area (Å²) in [5.41, 5.74) is 0.476. The molecule has 1 aromatic heterocycles. The molecule has 0 spiro atoms. The maximum atomic E-state index is 4.46. The van der Waals surface area contributed by atoms with Gasteiger partial charge >= 0.3 is 0 Å². The molecular formula is C12H18BrN3. The summed E-state index contributed by atoms with van der Waals surface area (Å²) in [4.78, 5) is 8.76. The quantitative estimate of drug-likeness (QED) is 0.861. The first-order valence-electron chi connectivity index (χ1n) is 5.89. The van der Waals surface area contributed by atoms with Crippen LogP contribution in [0.25, 0.3) is 0 Å². The van der Waals surface area contributed by atoms with E-state index in [1.807, 2.05) is 6.07 Å². The molecule has 1 N–H and O–H groups in total. The number of rotatable bonds is 4. The van der Waals surface area contributed by atoms with Gasteiger partial charge in [0.2, 0.25) is 0 Å². The van der Waals surface area contributed by atoms with Crippen molar-refractivity contribution in [2.24, 2.45) is 5.41 Å². The van der Waals surface area contributed by atoms with Crippen molar-refractivity contribution >= 4 is 21.7 Å². The van der Waals surface area contributed by atoms with Gasteiger partial charge in [-0.15, -0.1) is 0 Å². The second kappa shape index (κ2) is 4.70. The maximum absolute atomic E-state index is 4.46. The van der Waals surface area contributed by atoms with Crippen LogP contribution >= 0.6 is 15.9 Å². The third kappa shape index (κ3) is 2.73. The number of halogens is 1. The summed E-state index contributed by atoms with van der Waals surface area (Å²) in [5, 5.41) is 3.42. The lowest BCUT2D eigenvalue weighted by atomic mass is 9.70. The topological polar surface area (TPSA) is 37.8 Å². The molecule has 1 aliphatic rings. The van der Waals surface area contributed by atoms with Gasteiger partial charge in [0.05, 0.1) is 0 Å². The van der Waals surface area contributed by atoms with Gasteiger partial charge < -0.3 is 5.32 Å². The number of anilines is 1. The van der Waals surface area contributed by atoms with Gasteiger partial charge in [-0.3, -0.25) is 0 Å². The largest absolute Gasteiger partial charge is 0.369 e. The minimum Gasteiger partial charge on any atom is -0.369 e. The van der Waals surface area contributed by atoms with Crippen molar-refractivity contribution in [3.63, 3.8) is 0 Å². The van der Waals surface area contributed by atoms with Gasteiger partial charge in [0, 0.05) is 19.0 Å². The zero-order valence-electron chi connectivity index (χ0n) is 9.89. The Morgan fingerprint density at radius 1 is 1.44 bits per heavy atom. The highest BCUT2D eigenvalue weighted by atomic mass is 79.9. The molecule has 0 saturated heterocycles. The van der Waals surface area contributed by atoms with E-state index in [1.165, 1.54) is 19.3 Å². The smallest absolute Gasteiger partial charge is 0.131 e. The molecule has 1 heterocycles. The first-order chi connectivity index (χ1) is 7.61. The zero-order chi connectivity index (χ0) is 11.6. The van der Waals surface area contributed by atoms with Crippen LogP contribution in [0.15, 0.2) is 10.7 Å². The maximum Gasteiger partial charge on any atom is 0.131 e. The summed E-state index contributed by atoms with van der Waals surface area (Å²) in [5.74, 6) is 1.82. The van der Waals surface area contributed by atoms with Gasteiger partial charge in [-0.05, 0) is 34.2 Å². The van der Waals surface area contributed by atoms with Gasteiger partial charge in [-0.2, -0.15) is 0 Å². The summed E-state index contributed by atoms with van der Waals surface area (Å²) >= 11 is 3.41. The van der Waals surface area contributed by atoms with E-state index in [-0.39, 0.29) is 0 Å². The monoisotopic (exact) mass is 283 g/mol. The number of hydrogen-bond donors (Lipinski definition) is 1. The molecule has 1 saturated carbocycles. The Labute approximate surface area is 105 Å². The van der Waals surface area contributed by atoms with E-state index in [0.717, 1.165) is 29.2 Å². The second-order valence-corrected chi connectivity index (χ2v) is 5.68. The second-order valence-electron chi connectivity index (χ2n) is 4.86. The van der Waals surface area contributed by atoms with Crippen LogP contribution in [-0.2, 0) is 6.42 Å². The fourth-order valence-corrected chi connectivity index (χ4v) is 2.40.